The van der Waals surface area contributed by atoms with Crippen LogP contribution < -0.4 is 11.1 Å². The molecule has 0 aromatic carbocycles. The molecule has 3 nitrogen and oxygen atoms in total. The fourth-order valence-electron chi connectivity index (χ4n) is 2.25. The van der Waals surface area contributed by atoms with Crippen LogP contribution in [-0.2, 0) is 0 Å². The molecule has 17 heavy (non-hydrogen) atoms. The minimum absolute atomic E-state index is 0.541. The van der Waals surface area contributed by atoms with E-state index in [1.165, 1.54) is 25.7 Å². The summed E-state index contributed by atoms with van der Waals surface area (Å²) in [7, 11) is 0. The molecule has 0 radical (unpaired) electrons. The Morgan fingerprint density at radius 1 is 1.35 bits per heavy atom. The summed E-state index contributed by atoms with van der Waals surface area (Å²) in [4.78, 5) is 4.05. The normalized spacial score (nSPS) is 24.6. The van der Waals surface area contributed by atoms with Gasteiger partial charge in [0.05, 0.1) is 22.0 Å². The molecule has 1 saturated carbocycles. The van der Waals surface area contributed by atoms with E-state index in [9.17, 15) is 0 Å². The summed E-state index contributed by atoms with van der Waals surface area (Å²) in [6.07, 6.45) is 10.7. The Kier molecular flexibility index (Phi) is 4.56. The molecule has 5 heteroatoms. The Labute approximate surface area is 115 Å². The second-order valence-corrected chi connectivity index (χ2v) is 6.43. The maximum atomic E-state index is 5.93. The number of nitrogen functional groups attached to an aromatic ring is 1. The molecule has 0 saturated heterocycles. The first kappa shape index (κ1) is 13.0. The average Bonchev–Trinajstić information content (AvgIpc) is 2.35. The molecule has 0 spiro atoms. The lowest BCUT2D eigenvalue weighted by Crippen LogP contribution is -2.27. The van der Waals surface area contributed by atoms with Crippen LogP contribution in [0.25, 0.3) is 0 Å². The van der Waals surface area contributed by atoms with Crippen LogP contribution in [0.5, 0.6) is 0 Å². The minimum atomic E-state index is 0.541. The lowest BCUT2D eigenvalue weighted by molar-refractivity contribution is 0.473. The number of anilines is 2. The molecule has 2 rings (SSSR count). The van der Waals surface area contributed by atoms with Crippen molar-refractivity contribution in [2.45, 2.75) is 37.0 Å². The van der Waals surface area contributed by atoms with Crippen molar-refractivity contribution >= 4 is 39.1 Å². The maximum absolute atomic E-state index is 5.93. The summed E-state index contributed by atoms with van der Waals surface area (Å²) in [5.74, 6) is 0. The maximum Gasteiger partial charge on any atom is 0.0752 e. The van der Waals surface area contributed by atoms with Gasteiger partial charge in [-0.2, -0.15) is 11.8 Å². The number of hydrogen-bond acceptors (Lipinski definition) is 4. The van der Waals surface area contributed by atoms with Crippen molar-refractivity contribution in [2.75, 3.05) is 17.3 Å². The standard InChI is InChI=1S/C12H18BrN3S/c1-17-9-4-2-8(3-5-9)16-12-10(13)6-15-7-11(12)14/h6-9H,2-5,14H2,1H3,(H,15,16). The van der Waals surface area contributed by atoms with Gasteiger partial charge in [-0.25, -0.2) is 0 Å². The smallest absolute Gasteiger partial charge is 0.0752 e. The van der Waals surface area contributed by atoms with Gasteiger partial charge in [-0.3, -0.25) is 4.98 Å². The molecule has 0 atom stereocenters. The topological polar surface area (TPSA) is 50.9 Å². The Bertz CT molecular complexity index is 358. The molecular weight excluding hydrogens is 298 g/mol. The molecule has 1 aliphatic rings. The van der Waals surface area contributed by atoms with Crippen molar-refractivity contribution in [1.29, 1.82) is 0 Å². The summed E-state index contributed by atoms with van der Waals surface area (Å²) < 4.78 is 0.949. The Morgan fingerprint density at radius 3 is 2.65 bits per heavy atom. The Balaban J connectivity index is 1.98. The fourth-order valence-corrected chi connectivity index (χ4v) is 3.45. The van der Waals surface area contributed by atoms with Gasteiger partial charge in [-0.1, -0.05) is 0 Å². The van der Waals surface area contributed by atoms with Gasteiger partial charge in [-0.15, -0.1) is 0 Å². The quantitative estimate of drug-likeness (QED) is 0.896. The van der Waals surface area contributed by atoms with E-state index in [-0.39, 0.29) is 0 Å². The van der Waals surface area contributed by atoms with Gasteiger partial charge in [0.15, 0.2) is 0 Å². The van der Waals surface area contributed by atoms with Crippen molar-refractivity contribution in [1.82, 2.24) is 4.98 Å². The molecule has 1 aromatic heterocycles. The van der Waals surface area contributed by atoms with Crippen LogP contribution in [0.4, 0.5) is 11.4 Å². The first-order chi connectivity index (χ1) is 8.20. The van der Waals surface area contributed by atoms with E-state index < -0.39 is 0 Å². The highest BCUT2D eigenvalue weighted by atomic mass is 79.9. The number of nitrogens with two attached hydrogens (primary N) is 1. The van der Waals surface area contributed by atoms with Crippen LogP contribution in [-0.4, -0.2) is 22.5 Å². The van der Waals surface area contributed by atoms with Crippen LogP contribution in [0.3, 0.4) is 0 Å². The highest BCUT2D eigenvalue weighted by molar-refractivity contribution is 9.10. The predicted molar refractivity (Wildman–Crippen MR) is 79.5 cm³/mol. The van der Waals surface area contributed by atoms with Crippen LogP contribution in [0.2, 0.25) is 0 Å². The van der Waals surface area contributed by atoms with Gasteiger partial charge in [0, 0.05) is 17.5 Å². The largest absolute Gasteiger partial charge is 0.396 e. The van der Waals surface area contributed by atoms with Crippen molar-refractivity contribution < 1.29 is 0 Å². The predicted octanol–water partition coefficient (Wildman–Crippen LogP) is 3.51. The number of aromatic nitrogens is 1. The first-order valence-electron chi connectivity index (χ1n) is 5.89. The van der Waals surface area contributed by atoms with E-state index in [1.54, 1.807) is 12.4 Å². The zero-order chi connectivity index (χ0) is 12.3. The third-order valence-electron chi connectivity index (χ3n) is 3.29. The Hall–Kier alpha value is -0.420. The second kappa shape index (κ2) is 5.96. The zero-order valence-electron chi connectivity index (χ0n) is 9.95. The molecule has 1 aromatic rings. The SMILES string of the molecule is CSC1CCC(Nc2c(N)cncc2Br)CC1. The third kappa shape index (κ3) is 3.28. The molecule has 1 aliphatic carbocycles. The third-order valence-corrected chi connectivity index (χ3v) is 5.02. The summed E-state index contributed by atoms with van der Waals surface area (Å²) in [5, 5.41) is 4.38. The van der Waals surface area contributed by atoms with E-state index in [0.29, 0.717) is 11.7 Å². The van der Waals surface area contributed by atoms with Gasteiger partial charge in [0.25, 0.3) is 0 Å². The summed E-state index contributed by atoms with van der Waals surface area (Å²) in [6, 6.07) is 0.541. The van der Waals surface area contributed by atoms with Gasteiger partial charge in [0.2, 0.25) is 0 Å². The Morgan fingerprint density at radius 2 is 2.06 bits per heavy atom. The lowest BCUT2D eigenvalue weighted by atomic mass is 9.95. The number of rotatable bonds is 3. The summed E-state index contributed by atoms with van der Waals surface area (Å²) >= 11 is 5.48. The summed E-state index contributed by atoms with van der Waals surface area (Å²) in [6.45, 7) is 0. The molecule has 0 amide bonds. The number of thioether (sulfide) groups is 1. The van der Waals surface area contributed by atoms with Crippen LogP contribution >= 0.6 is 27.7 Å². The molecule has 94 valence electrons. The van der Waals surface area contributed by atoms with E-state index in [4.69, 9.17) is 5.73 Å². The van der Waals surface area contributed by atoms with Gasteiger partial charge >= 0.3 is 0 Å². The van der Waals surface area contributed by atoms with Crippen molar-refractivity contribution in [3.63, 3.8) is 0 Å². The van der Waals surface area contributed by atoms with Gasteiger partial charge in [-0.05, 0) is 47.9 Å². The molecule has 0 unspecified atom stereocenters. The highest BCUT2D eigenvalue weighted by Crippen LogP contribution is 2.32. The summed E-state index contributed by atoms with van der Waals surface area (Å²) in [5.41, 5.74) is 7.64. The van der Waals surface area contributed by atoms with E-state index in [1.807, 2.05) is 11.8 Å². The minimum Gasteiger partial charge on any atom is -0.396 e. The zero-order valence-corrected chi connectivity index (χ0v) is 12.4. The number of nitrogens with zero attached hydrogens (tertiary/aromatic N) is 1. The number of pyridine rings is 1. The van der Waals surface area contributed by atoms with E-state index >= 15 is 0 Å². The van der Waals surface area contributed by atoms with Crippen LogP contribution in [0, 0.1) is 0 Å². The molecule has 1 fully saturated rings. The van der Waals surface area contributed by atoms with E-state index in [2.05, 4.69) is 32.5 Å². The van der Waals surface area contributed by atoms with Crippen molar-refractivity contribution in [2.24, 2.45) is 0 Å². The number of halogens is 1. The average molecular weight is 316 g/mol. The molecule has 0 bridgehead atoms. The lowest BCUT2D eigenvalue weighted by Gasteiger charge is -2.29. The highest BCUT2D eigenvalue weighted by Gasteiger charge is 2.21. The van der Waals surface area contributed by atoms with Crippen molar-refractivity contribution in [3.05, 3.63) is 16.9 Å². The molecule has 1 heterocycles. The first-order valence-corrected chi connectivity index (χ1v) is 7.97. The van der Waals surface area contributed by atoms with E-state index in [0.717, 1.165) is 15.4 Å². The number of nitrogens with one attached hydrogen (secondary N) is 1. The molecule has 0 aliphatic heterocycles. The van der Waals surface area contributed by atoms with Gasteiger partial charge in [0.1, 0.15) is 0 Å². The van der Waals surface area contributed by atoms with Crippen LogP contribution in [0.1, 0.15) is 25.7 Å². The molecular formula is C12H18BrN3S. The monoisotopic (exact) mass is 315 g/mol. The second-order valence-electron chi connectivity index (χ2n) is 4.44. The van der Waals surface area contributed by atoms with Gasteiger partial charge < -0.3 is 11.1 Å². The number of hydrogen-bond donors (Lipinski definition) is 2. The molecule has 3 N–H and O–H groups in total. The van der Waals surface area contributed by atoms with Crippen LogP contribution in [0.15, 0.2) is 16.9 Å². The van der Waals surface area contributed by atoms with Crippen molar-refractivity contribution in [3.8, 4) is 0 Å². The fraction of sp³-hybridized carbons (Fsp3) is 0.583.